The number of hydrogen-bond acceptors (Lipinski definition) is 11. The van der Waals surface area contributed by atoms with Crippen LogP contribution in [-0.2, 0) is 22.2 Å². The number of hydrogen-bond donors (Lipinski definition) is 4. The first-order valence-electron chi connectivity index (χ1n) is 24.3. The van der Waals surface area contributed by atoms with E-state index in [2.05, 4.69) is 56.6 Å². The van der Waals surface area contributed by atoms with Gasteiger partial charge in [0, 0.05) is 97.6 Å². The first-order valence-corrected chi connectivity index (χ1v) is 24.3. The van der Waals surface area contributed by atoms with Crippen molar-refractivity contribution in [2.24, 2.45) is 7.05 Å². The van der Waals surface area contributed by atoms with Gasteiger partial charge in [-0.15, -0.1) is 0 Å². The maximum Gasteiger partial charge on any atom is 0.328 e. The first-order chi connectivity index (χ1) is 33.9. The molecular weight excluding hydrogens is 887 g/mol. The third-order valence-electron chi connectivity index (χ3n) is 15.0. The third kappa shape index (κ3) is 8.22. The number of carbonyl (C=O) groups excluding carboxylic acids is 3. The molecule has 3 saturated heterocycles. The smallest absolute Gasteiger partial charge is 0.328 e. The number of nitrogens with zero attached hydrogens (tertiary/aromatic N) is 6. The number of benzene rings is 4. The predicted molar refractivity (Wildman–Crippen MR) is 268 cm³/mol. The number of urea groups is 1. The topological polar surface area (TPSA) is 187 Å². The highest BCUT2D eigenvalue weighted by atomic mass is 16.5. The maximum absolute atomic E-state index is 13.8. The van der Waals surface area contributed by atoms with Gasteiger partial charge in [0.1, 0.15) is 11.3 Å². The zero-order valence-electron chi connectivity index (χ0n) is 39.7. The first kappa shape index (κ1) is 45.3. The number of aryl methyl sites for hydroxylation is 1. The summed E-state index contributed by atoms with van der Waals surface area (Å²) in [5, 5.41) is 21.1. The Morgan fingerprint density at radius 1 is 0.886 bits per heavy atom. The highest BCUT2D eigenvalue weighted by Crippen LogP contribution is 2.45. The average Bonchev–Trinajstić information content (AvgIpc) is 4.06. The Balaban J connectivity index is 0.857. The van der Waals surface area contributed by atoms with E-state index in [0.717, 1.165) is 108 Å². The van der Waals surface area contributed by atoms with Crippen LogP contribution in [0.15, 0.2) is 102 Å². The van der Waals surface area contributed by atoms with E-state index in [1.165, 1.54) is 12.0 Å². The second-order valence-corrected chi connectivity index (χ2v) is 19.6. The fraction of sp³-hybridized carbons (Fsp3) is 0.370. The molecule has 70 heavy (non-hydrogen) atoms. The fourth-order valence-corrected chi connectivity index (χ4v) is 10.8. The molecule has 360 valence electrons. The van der Waals surface area contributed by atoms with Crippen LogP contribution < -0.4 is 30.7 Å². The number of imide groups is 1. The molecule has 1 saturated carbocycles. The van der Waals surface area contributed by atoms with E-state index in [-0.39, 0.29) is 43.1 Å². The van der Waals surface area contributed by atoms with Crippen LogP contribution in [0.3, 0.4) is 0 Å². The summed E-state index contributed by atoms with van der Waals surface area (Å²) in [6.45, 7) is 5.06. The number of piperidine rings is 2. The van der Waals surface area contributed by atoms with Crippen LogP contribution >= 0.6 is 0 Å². The van der Waals surface area contributed by atoms with Crippen molar-refractivity contribution < 1.29 is 29.0 Å². The minimum absolute atomic E-state index is 0.0418. The van der Waals surface area contributed by atoms with Gasteiger partial charge >= 0.3 is 6.03 Å². The minimum atomic E-state index is -1.32. The van der Waals surface area contributed by atoms with Crippen LogP contribution in [0, 0.1) is 0 Å². The van der Waals surface area contributed by atoms with Gasteiger partial charge in [0.15, 0.2) is 5.60 Å². The molecule has 3 aliphatic heterocycles. The fourth-order valence-electron chi connectivity index (χ4n) is 10.8. The number of likely N-dealkylation sites (tertiary alicyclic amines) is 1. The quantitative estimate of drug-likeness (QED) is 0.102. The number of nitrogens with one attached hydrogen (secondary N) is 3. The van der Waals surface area contributed by atoms with Gasteiger partial charge < -0.3 is 39.2 Å². The molecule has 0 bridgehead atoms. The lowest BCUT2D eigenvalue weighted by molar-refractivity contribution is -0.120. The molecule has 4 fully saturated rings. The maximum atomic E-state index is 13.8. The molecule has 1 unspecified atom stereocenters. The summed E-state index contributed by atoms with van der Waals surface area (Å²) in [5.74, 6) is 0.462. The second-order valence-electron chi connectivity index (χ2n) is 19.6. The molecule has 16 nitrogen and oxygen atoms in total. The van der Waals surface area contributed by atoms with Crippen LogP contribution in [0.5, 0.6) is 5.75 Å². The standard InChI is InChI=1S/C54H57N9O7/c1-53(59-49(66)35-12-16-45(69-3)44(30-35)63-26-20-46(65)57-52(63)68)21-27-61(28-22-53)36-18-24-62(25-19-36)51-56-43-15-11-34(41-31-60(2)50(67)47-39(41)17-23-55-47)29-40(43)48(58-51)54(32-64,70-37-13-14-37)42-10-6-8-33-7-4-5-9-38(33)42/h4-12,15-17,23,29-31,36-37,55,64H,13-14,18-22,24-28,32H2,1-3H3,(H,59,66)(H,57,65,68). The van der Waals surface area contributed by atoms with Crippen molar-refractivity contribution in [2.75, 3.05) is 56.2 Å². The Morgan fingerprint density at radius 3 is 2.43 bits per heavy atom. The Bertz CT molecular complexity index is 3250. The Labute approximate surface area is 404 Å². The van der Waals surface area contributed by atoms with Crippen LogP contribution in [0.1, 0.15) is 73.5 Å². The number of aromatic nitrogens is 4. The van der Waals surface area contributed by atoms with Gasteiger partial charge in [-0.25, -0.2) is 14.8 Å². The van der Waals surface area contributed by atoms with E-state index >= 15 is 0 Å². The summed E-state index contributed by atoms with van der Waals surface area (Å²) in [7, 11) is 3.27. The molecule has 6 heterocycles. The summed E-state index contributed by atoms with van der Waals surface area (Å²) >= 11 is 0. The lowest BCUT2D eigenvalue weighted by Crippen LogP contribution is -2.56. The van der Waals surface area contributed by atoms with E-state index < -0.39 is 17.2 Å². The van der Waals surface area contributed by atoms with Crippen molar-refractivity contribution in [1.82, 2.24) is 35.1 Å². The number of aromatic amines is 1. The van der Waals surface area contributed by atoms with Gasteiger partial charge in [0.25, 0.3) is 11.5 Å². The number of anilines is 2. The molecule has 4 amide bonds. The Kier molecular flexibility index (Phi) is 11.6. The number of H-pyrrole nitrogens is 1. The molecule has 0 radical (unpaired) electrons. The van der Waals surface area contributed by atoms with Crippen molar-refractivity contribution >= 4 is 62.1 Å². The molecule has 7 aromatic rings. The van der Waals surface area contributed by atoms with Gasteiger partial charge in [-0.05, 0) is 98.2 Å². The molecule has 4 N–H and O–H groups in total. The highest BCUT2D eigenvalue weighted by Gasteiger charge is 2.45. The number of carbonyl (C=O) groups is 3. The van der Waals surface area contributed by atoms with Crippen LogP contribution in [0.25, 0.3) is 43.7 Å². The number of ether oxygens (including phenoxy) is 2. The molecule has 1 atom stereocenters. The van der Waals surface area contributed by atoms with Crippen LogP contribution in [-0.4, -0.2) is 111 Å². The third-order valence-corrected chi connectivity index (χ3v) is 15.0. The number of fused-ring (bicyclic) bond motifs is 3. The molecule has 11 rings (SSSR count). The summed E-state index contributed by atoms with van der Waals surface area (Å²) in [5.41, 5.74) is 3.47. The van der Waals surface area contributed by atoms with E-state index in [1.807, 2.05) is 48.7 Å². The lowest BCUT2D eigenvalue weighted by atomic mass is 9.84. The van der Waals surface area contributed by atoms with E-state index in [9.17, 15) is 24.3 Å². The van der Waals surface area contributed by atoms with Gasteiger partial charge in [0.2, 0.25) is 11.9 Å². The number of aliphatic hydroxyl groups is 1. The summed E-state index contributed by atoms with van der Waals surface area (Å²) in [4.78, 5) is 71.5. The number of aliphatic hydroxyl groups excluding tert-OH is 1. The number of pyridine rings is 1. The number of methoxy groups -OCH3 is 1. The van der Waals surface area contributed by atoms with Crippen molar-refractivity contribution in [3.8, 4) is 16.9 Å². The minimum Gasteiger partial charge on any atom is -0.495 e. The zero-order chi connectivity index (χ0) is 48.3. The second kappa shape index (κ2) is 18.0. The summed E-state index contributed by atoms with van der Waals surface area (Å²) < 4.78 is 14.2. The normalized spacial score (nSPS) is 18.9. The van der Waals surface area contributed by atoms with E-state index in [1.54, 1.807) is 36.0 Å². The van der Waals surface area contributed by atoms with Gasteiger partial charge in [0.05, 0.1) is 36.7 Å². The molecule has 4 aliphatic rings. The van der Waals surface area contributed by atoms with E-state index in [0.29, 0.717) is 40.2 Å². The largest absolute Gasteiger partial charge is 0.495 e. The Hall–Kier alpha value is -7.14. The summed E-state index contributed by atoms with van der Waals surface area (Å²) in [6, 6.07) is 27.2. The van der Waals surface area contributed by atoms with Crippen LogP contribution in [0.2, 0.25) is 0 Å². The van der Waals surface area contributed by atoms with Crippen molar-refractivity contribution in [2.45, 2.75) is 75.2 Å². The Morgan fingerprint density at radius 2 is 1.67 bits per heavy atom. The van der Waals surface area contributed by atoms with E-state index in [4.69, 9.17) is 19.4 Å². The monoisotopic (exact) mass is 943 g/mol. The molecule has 16 heteroatoms. The SMILES string of the molecule is COc1ccc(C(=O)NC2(C)CCN(C3CCN(c4nc(C(CO)(OC5CC5)c5cccc6ccccc56)c5cc(-c6cn(C)c(=O)c7[nH]ccc67)ccc5n4)CC3)CC2)cc1N1CCC(=O)NC1=O. The summed E-state index contributed by atoms with van der Waals surface area (Å²) in [6.07, 6.45) is 8.89. The van der Waals surface area contributed by atoms with Crippen molar-refractivity contribution in [3.05, 3.63) is 124 Å². The van der Waals surface area contributed by atoms with Crippen molar-refractivity contribution in [3.63, 3.8) is 0 Å². The molecule has 0 spiro atoms. The van der Waals surface area contributed by atoms with Crippen LogP contribution in [0.4, 0.5) is 16.4 Å². The average molecular weight is 944 g/mol. The lowest BCUT2D eigenvalue weighted by Gasteiger charge is -2.45. The molecule has 4 aromatic carbocycles. The number of amides is 4. The molecule has 3 aromatic heterocycles. The highest BCUT2D eigenvalue weighted by molar-refractivity contribution is 6.07. The van der Waals surface area contributed by atoms with Gasteiger partial charge in [-0.2, -0.15) is 0 Å². The van der Waals surface area contributed by atoms with Crippen molar-refractivity contribution in [1.29, 1.82) is 0 Å². The van der Waals surface area contributed by atoms with Gasteiger partial charge in [-0.1, -0.05) is 48.5 Å². The molecule has 1 aliphatic carbocycles. The predicted octanol–water partition coefficient (Wildman–Crippen LogP) is 6.75. The number of rotatable bonds is 12. The van der Waals surface area contributed by atoms with Gasteiger partial charge in [-0.3, -0.25) is 24.6 Å². The zero-order valence-corrected chi connectivity index (χ0v) is 39.7. The molecular formula is C54H57N9O7.